The summed E-state index contributed by atoms with van der Waals surface area (Å²) in [7, 11) is -3.73. The van der Waals surface area contributed by atoms with E-state index < -0.39 is 15.8 Å². The van der Waals surface area contributed by atoms with E-state index in [1.807, 2.05) is 4.90 Å². The van der Waals surface area contributed by atoms with Crippen LogP contribution >= 0.6 is 11.6 Å². The third-order valence-electron chi connectivity index (χ3n) is 5.69. The quantitative estimate of drug-likeness (QED) is 0.777. The maximum Gasteiger partial charge on any atom is 0.243 e. The van der Waals surface area contributed by atoms with Gasteiger partial charge in [-0.05, 0) is 37.0 Å². The zero-order valence-electron chi connectivity index (χ0n) is 16.0. The number of sulfonamides is 1. The van der Waals surface area contributed by atoms with E-state index in [-0.39, 0.29) is 41.5 Å². The van der Waals surface area contributed by atoms with Crippen molar-refractivity contribution in [1.29, 1.82) is 0 Å². The SMILES string of the molecule is C[C@H]1CCCC[C@H]1NC(=O)CN1CCN(S(=O)(=O)c2ccc(F)c(Cl)c2)CC1. The lowest BCUT2D eigenvalue weighted by molar-refractivity contribution is -0.123. The minimum absolute atomic E-state index is 0.000346. The van der Waals surface area contributed by atoms with E-state index in [2.05, 4.69) is 12.2 Å². The minimum atomic E-state index is -3.73. The molecule has 1 heterocycles. The predicted octanol–water partition coefficient (Wildman–Crippen LogP) is 2.48. The Morgan fingerprint density at radius 1 is 1.21 bits per heavy atom. The highest BCUT2D eigenvalue weighted by atomic mass is 35.5. The van der Waals surface area contributed by atoms with E-state index in [0.717, 1.165) is 31.4 Å². The van der Waals surface area contributed by atoms with Gasteiger partial charge in [0.2, 0.25) is 15.9 Å². The first-order chi connectivity index (χ1) is 13.3. The molecule has 2 atom stereocenters. The van der Waals surface area contributed by atoms with Crippen molar-refractivity contribution in [2.75, 3.05) is 32.7 Å². The smallest absolute Gasteiger partial charge is 0.243 e. The number of carbonyl (C=O) groups is 1. The summed E-state index contributed by atoms with van der Waals surface area (Å²) in [5.41, 5.74) is 0. The zero-order chi connectivity index (χ0) is 20.3. The Bertz CT molecular complexity index is 813. The molecule has 9 heteroatoms. The van der Waals surface area contributed by atoms with Crippen LogP contribution < -0.4 is 5.32 Å². The largest absolute Gasteiger partial charge is 0.352 e. The van der Waals surface area contributed by atoms with Crippen molar-refractivity contribution in [2.24, 2.45) is 5.92 Å². The Labute approximate surface area is 171 Å². The van der Waals surface area contributed by atoms with Gasteiger partial charge in [-0.25, -0.2) is 12.8 Å². The summed E-state index contributed by atoms with van der Waals surface area (Å²) in [6.45, 7) is 3.97. The van der Waals surface area contributed by atoms with Gasteiger partial charge in [0, 0.05) is 32.2 Å². The molecule has 1 amide bonds. The predicted molar refractivity (Wildman–Crippen MR) is 106 cm³/mol. The molecular weight excluding hydrogens is 405 g/mol. The van der Waals surface area contributed by atoms with Crippen LogP contribution in [0.1, 0.15) is 32.6 Å². The fourth-order valence-electron chi connectivity index (χ4n) is 3.90. The lowest BCUT2D eigenvalue weighted by Gasteiger charge is -2.34. The number of nitrogens with one attached hydrogen (secondary N) is 1. The number of halogens is 2. The third kappa shape index (κ3) is 5.03. The molecule has 28 heavy (non-hydrogen) atoms. The molecule has 2 aliphatic rings. The van der Waals surface area contributed by atoms with Gasteiger partial charge in [-0.15, -0.1) is 0 Å². The summed E-state index contributed by atoms with van der Waals surface area (Å²) < 4.78 is 40.1. The highest BCUT2D eigenvalue weighted by molar-refractivity contribution is 7.89. The van der Waals surface area contributed by atoms with E-state index in [1.54, 1.807) is 0 Å². The topological polar surface area (TPSA) is 69.7 Å². The van der Waals surface area contributed by atoms with Crippen LogP contribution in [0, 0.1) is 11.7 Å². The molecule has 0 radical (unpaired) electrons. The summed E-state index contributed by atoms with van der Waals surface area (Å²) in [6, 6.07) is 3.66. The van der Waals surface area contributed by atoms with Crippen LogP contribution in [-0.4, -0.2) is 62.3 Å². The fraction of sp³-hybridized carbons (Fsp3) is 0.632. The molecule has 0 spiro atoms. The number of nitrogens with zero attached hydrogens (tertiary/aromatic N) is 2. The molecule has 0 bridgehead atoms. The van der Waals surface area contributed by atoms with Gasteiger partial charge < -0.3 is 5.32 Å². The molecule has 1 saturated carbocycles. The van der Waals surface area contributed by atoms with Crippen LogP contribution in [0.4, 0.5) is 4.39 Å². The third-order valence-corrected chi connectivity index (χ3v) is 7.87. The number of amides is 1. The molecule has 1 aromatic rings. The van der Waals surface area contributed by atoms with E-state index >= 15 is 0 Å². The van der Waals surface area contributed by atoms with Gasteiger partial charge in [0.15, 0.2) is 0 Å². The average molecular weight is 432 g/mol. The molecule has 1 aromatic carbocycles. The van der Waals surface area contributed by atoms with Gasteiger partial charge in [0.25, 0.3) is 0 Å². The first-order valence-electron chi connectivity index (χ1n) is 9.74. The van der Waals surface area contributed by atoms with Crippen LogP contribution in [-0.2, 0) is 14.8 Å². The fourth-order valence-corrected chi connectivity index (χ4v) is 5.59. The van der Waals surface area contributed by atoms with Gasteiger partial charge in [0.1, 0.15) is 5.82 Å². The summed E-state index contributed by atoms with van der Waals surface area (Å²) >= 11 is 5.72. The van der Waals surface area contributed by atoms with Crippen molar-refractivity contribution in [3.8, 4) is 0 Å². The number of hydrogen-bond acceptors (Lipinski definition) is 4. The molecule has 1 saturated heterocycles. The number of carbonyl (C=O) groups excluding carboxylic acids is 1. The van der Waals surface area contributed by atoms with E-state index in [4.69, 9.17) is 11.6 Å². The standard InChI is InChI=1S/C19H27ClFN3O3S/c1-14-4-2-3-5-18(14)22-19(25)13-23-8-10-24(11-9-23)28(26,27)15-6-7-17(21)16(20)12-15/h6-7,12,14,18H,2-5,8-11,13H2,1H3,(H,22,25)/t14-,18+/m0/s1. The lowest BCUT2D eigenvalue weighted by Crippen LogP contribution is -2.52. The number of piperazine rings is 1. The Morgan fingerprint density at radius 3 is 2.54 bits per heavy atom. The maximum absolute atomic E-state index is 13.3. The van der Waals surface area contributed by atoms with E-state index in [1.165, 1.54) is 16.8 Å². The second kappa shape index (κ2) is 9.07. The molecular formula is C19H27ClFN3O3S. The Morgan fingerprint density at radius 2 is 1.89 bits per heavy atom. The van der Waals surface area contributed by atoms with E-state index in [9.17, 15) is 17.6 Å². The van der Waals surface area contributed by atoms with Crippen LogP contribution in [0.25, 0.3) is 0 Å². The molecule has 1 N–H and O–H groups in total. The molecule has 0 unspecified atom stereocenters. The van der Waals surface area contributed by atoms with Crippen molar-refractivity contribution in [3.63, 3.8) is 0 Å². The summed E-state index contributed by atoms with van der Waals surface area (Å²) in [5, 5.41) is 2.92. The molecule has 3 rings (SSSR count). The van der Waals surface area contributed by atoms with Crippen LogP contribution in [0.5, 0.6) is 0 Å². The minimum Gasteiger partial charge on any atom is -0.352 e. The summed E-state index contributed by atoms with van der Waals surface area (Å²) in [4.78, 5) is 14.3. The van der Waals surface area contributed by atoms with Gasteiger partial charge in [-0.1, -0.05) is 31.4 Å². The lowest BCUT2D eigenvalue weighted by atomic mass is 9.86. The Hall–Kier alpha value is -1.22. The maximum atomic E-state index is 13.3. The van der Waals surface area contributed by atoms with E-state index in [0.29, 0.717) is 19.0 Å². The van der Waals surface area contributed by atoms with Crippen molar-refractivity contribution in [1.82, 2.24) is 14.5 Å². The Balaban J connectivity index is 1.52. The second-order valence-electron chi connectivity index (χ2n) is 7.69. The van der Waals surface area contributed by atoms with Crippen molar-refractivity contribution < 1.29 is 17.6 Å². The normalized spacial score (nSPS) is 24.8. The van der Waals surface area contributed by atoms with Gasteiger partial charge >= 0.3 is 0 Å². The van der Waals surface area contributed by atoms with Crippen LogP contribution in [0.3, 0.4) is 0 Å². The number of rotatable bonds is 5. The van der Waals surface area contributed by atoms with Crippen molar-refractivity contribution in [3.05, 3.63) is 29.0 Å². The van der Waals surface area contributed by atoms with Crippen molar-refractivity contribution >= 4 is 27.5 Å². The molecule has 2 fully saturated rings. The molecule has 6 nitrogen and oxygen atoms in total. The van der Waals surface area contributed by atoms with Gasteiger partial charge in [-0.3, -0.25) is 9.69 Å². The molecule has 0 aromatic heterocycles. The highest BCUT2D eigenvalue weighted by Gasteiger charge is 2.30. The summed E-state index contributed by atoms with van der Waals surface area (Å²) in [5.74, 6) is -0.147. The van der Waals surface area contributed by atoms with Crippen LogP contribution in [0.15, 0.2) is 23.1 Å². The number of hydrogen-bond donors (Lipinski definition) is 1. The Kier molecular flexibility index (Phi) is 6.96. The molecule has 1 aliphatic heterocycles. The average Bonchev–Trinajstić information content (AvgIpc) is 2.66. The zero-order valence-corrected chi connectivity index (χ0v) is 17.6. The summed E-state index contributed by atoms with van der Waals surface area (Å²) in [6.07, 6.45) is 4.55. The van der Waals surface area contributed by atoms with Crippen molar-refractivity contribution in [2.45, 2.75) is 43.5 Å². The van der Waals surface area contributed by atoms with Crippen LogP contribution in [0.2, 0.25) is 5.02 Å². The first kappa shape index (κ1) is 21.5. The molecule has 156 valence electrons. The second-order valence-corrected chi connectivity index (χ2v) is 10.0. The monoisotopic (exact) mass is 431 g/mol. The molecule has 1 aliphatic carbocycles. The highest BCUT2D eigenvalue weighted by Crippen LogP contribution is 2.24. The first-order valence-corrected chi connectivity index (χ1v) is 11.6. The van der Waals surface area contributed by atoms with Gasteiger partial charge in [0.05, 0.1) is 16.5 Å². The number of benzene rings is 1. The van der Waals surface area contributed by atoms with Gasteiger partial charge in [-0.2, -0.15) is 4.31 Å².